The number of anilines is 1. The number of methoxy groups -OCH3 is 1. The highest BCUT2D eigenvalue weighted by atomic mass is 32.1. The molecule has 0 aliphatic heterocycles. The maximum Gasteiger partial charge on any atom is 0.350 e. The molecule has 0 aliphatic carbocycles. The Kier molecular flexibility index (Phi) is 4.34. The molecule has 2 heterocycles. The fourth-order valence-electron chi connectivity index (χ4n) is 2.32. The van der Waals surface area contributed by atoms with Crippen LogP contribution in [0.5, 0.6) is 0 Å². The van der Waals surface area contributed by atoms with E-state index >= 15 is 0 Å². The maximum atomic E-state index is 12.0. The Balaban J connectivity index is 1.83. The Hall–Kier alpha value is -2.40. The predicted molar refractivity (Wildman–Crippen MR) is 89.6 cm³/mol. The topological polar surface area (TPSA) is 51.2 Å². The number of thiophene rings is 1. The largest absolute Gasteiger partial charge is 0.465 e. The quantitative estimate of drug-likeness (QED) is 0.729. The lowest BCUT2D eigenvalue weighted by atomic mass is 10.1. The van der Waals surface area contributed by atoms with Gasteiger partial charge in [0, 0.05) is 18.1 Å². The highest BCUT2D eigenvalue weighted by molar-refractivity contribution is 7.21. The Bertz CT molecular complexity index is 784. The normalized spacial score (nSPS) is 10.6. The van der Waals surface area contributed by atoms with E-state index in [2.05, 4.69) is 22.4 Å². The van der Waals surface area contributed by atoms with E-state index in [1.165, 1.54) is 24.0 Å². The summed E-state index contributed by atoms with van der Waals surface area (Å²) in [5, 5.41) is 4.33. The molecule has 0 spiro atoms. The number of pyridine rings is 1. The molecule has 3 aromatic rings. The van der Waals surface area contributed by atoms with Crippen LogP contribution >= 0.6 is 11.3 Å². The standard InChI is InChI=1S/C17H16N2O2S/c1-21-17(20)15-14(13-8-5-10-19-16(13)22-15)18-11-9-12-6-3-2-4-7-12/h2-8,10,18H,9,11H2,1H3. The van der Waals surface area contributed by atoms with Gasteiger partial charge in [-0.05, 0) is 24.1 Å². The molecule has 22 heavy (non-hydrogen) atoms. The summed E-state index contributed by atoms with van der Waals surface area (Å²) in [6, 6.07) is 14.1. The molecule has 4 nitrogen and oxygen atoms in total. The first kappa shape index (κ1) is 14.5. The number of benzene rings is 1. The molecule has 0 saturated heterocycles. The van der Waals surface area contributed by atoms with E-state index in [9.17, 15) is 4.79 Å². The SMILES string of the molecule is COC(=O)c1sc2ncccc2c1NCCc1ccccc1. The summed E-state index contributed by atoms with van der Waals surface area (Å²) < 4.78 is 4.87. The maximum absolute atomic E-state index is 12.0. The van der Waals surface area contributed by atoms with Gasteiger partial charge in [-0.1, -0.05) is 30.3 Å². The molecule has 0 unspecified atom stereocenters. The van der Waals surface area contributed by atoms with Gasteiger partial charge in [0.1, 0.15) is 9.71 Å². The van der Waals surface area contributed by atoms with Gasteiger partial charge >= 0.3 is 5.97 Å². The average Bonchev–Trinajstić information content (AvgIpc) is 2.94. The van der Waals surface area contributed by atoms with Crippen molar-refractivity contribution < 1.29 is 9.53 Å². The molecule has 0 amide bonds. The molecule has 0 aliphatic rings. The Morgan fingerprint density at radius 1 is 1.23 bits per heavy atom. The number of carbonyl (C=O) groups is 1. The second-order valence-electron chi connectivity index (χ2n) is 4.82. The van der Waals surface area contributed by atoms with Crippen LogP contribution in [0.1, 0.15) is 15.2 Å². The zero-order chi connectivity index (χ0) is 15.4. The minimum atomic E-state index is -0.329. The molecule has 2 aromatic heterocycles. The molecular formula is C17H16N2O2S. The van der Waals surface area contributed by atoms with Gasteiger partial charge in [-0.25, -0.2) is 9.78 Å². The molecule has 1 aromatic carbocycles. The zero-order valence-corrected chi connectivity index (χ0v) is 13.0. The number of aromatic nitrogens is 1. The van der Waals surface area contributed by atoms with Crippen molar-refractivity contribution in [3.05, 3.63) is 59.1 Å². The van der Waals surface area contributed by atoms with Crippen LogP contribution in [0.4, 0.5) is 5.69 Å². The Morgan fingerprint density at radius 2 is 2.05 bits per heavy atom. The third-order valence-electron chi connectivity index (χ3n) is 3.40. The molecule has 1 N–H and O–H groups in total. The summed E-state index contributed by atoms with van der Waals surface area (Å²) in [5.41, 5.74) is 2.07. The van der Waals surface area contributed by atoms with E-state index in [4.69, 9.17) is 4.74 Å². The molecule has 0 atom stereocenters. The third kappa shape index (κ3) is 2.94. The van der Waals surface area contributed by atoms with Crippen molar-refractivity contribution in [1.82, 2.24) is 4.98 Å². The van der Waals surface area contributed by atoms with Crippen molar-refractivity contribution in [2.45, 2.75) is 6.42 Å². The minimum Gasteiger partial charge on any atom is -0.465 e. The third-order valence-corrected chi connectivity index (χ3v) is 4.49. The molecule has 5 heteroatoms. The average molecular weight is 312 g/mol. The number of fused-ring (bicyclic) bond motifs is 1. The van der Waals surface area contributed by atoms with Gasteiger partial charge in [-0.3, -0.25) is 0 Å². The molecule has 0 bridgehead atoms. The number of hydrogen-bond acceptors (Lipinski definition) is 5. The van der Waals surface area contributed by atoms with Crippen LogP contribution in [0, 0.1) is 0 Å². The van der Waals surface area contributed by atoms with Crippen molar-refractivity contribution in [3.8, 4) is 0 Å². The number of hydrogen-bond donors (Lipinski definition) is 1. The number of ether oxygens (including phenoxy) is 1. The highest BCUT2D eigenvalue weighted by Gasteiger charge is 2.19. The van der Waals surface area contributed by atoms with E-state index in [0.717, 1.165) is 28.9 Å². The van der Waals surface area contributed by atoms with Crippen LogP contribution < -0.4 is 5.32 Å². The monoisotopic (exact) mass is 312 g/mol. The number of carbonyl (C=O) groups excluding carboxylic acids is 1. The fraction of sp³-hybridized carbons (Fsp3) is 0.176. The number of nitrogens with zero attached hydrogens (tertiary/aromatic N) is 1. The Morgan fingerprint density at radius 3 is 2.82 bits per heavy atom. The van der Waals surface area contributed by atoms with Crippen LogP contribution in [-0.4, -0.2) is 24.6 Å². The minimum absolute atomic E-state index is 0.329. The van der Waals surface area contributed by atoms with Gasteiger partial charge in [0.05, 0.1) is 12.8 Å². The van der Waals surface area contributed by atoms with Crippen molar-refractivity contribution in [1.29, 1.82) is 0 Å². The van der Waals surface area contributed by atoms with Crippen molar-refractivity contribution in [3.63, 3.8) is 0 Å². The van der Waals surface area contributed by atoms with Gasteiger partial charge in [0.2, 0.25) is 0 Å². The first-order valence-corrected chi connectivity index (χ1v) is 7.85. The fourth-order valence-corrected chi connectivity index (χ4v) is 3.36. The van der Waals surface area contributed by atoms with Gasteiger partial charge in [0.15, 0.2) is 0 Å². The molecule has 112 valence electrons. The lowest BCUT2D eigenvalue weighted by molar-refractivity contribution is 0.0607. The van der Waals surface area contributed by atoms with Crippen molar-refractivity contribution in [2.75, 3.05) is 19.0 Å². The lowest BCUT2D eigenvalue weighted by Gasteiger charge is -2.07. The summed E-state index contributed by atoms with van der Waals surface area (Å²) in [6.07, 6.45) is 2.62. The van der Waals surface area contributed by atoms with Gasteiger partial charge in [-0.2, -0.15) is 0 Å². The van der Waals surface area contributed by atoms with E-state index < -0.39 is 0 Å². The molecule has 0 radical (unpaired) electrons. The second kappa shape index (κ2) is 6.58. The van der Waals surface area contributed by atoms with Crippen molar-refractivity contribution >= 4 is 33.2 Å². The number of esters is 1. The smallest absolute Gasteiger partial charge is 0.350 e. The number of nitrogens with one attached hydrogen (secondary N) is 1. The predicted octanol–water partition coefficient (Wildman–Crippen LogP) is 3.74. The first-order valence-electron chi connectivity index (χ1n) is 7.03. The van der Waals surface area contributed by atoms with Crippen LogP contribution in [0.15, 0.2) is 48.7 Å². The van der Waals surface area contributed by atoms with Crippen LogP contribution in [0.3, 0.4) is 0 Å². The summed E-state index contributed by atoms with van der Waals surface area (Å²) in [5.74, 6) is -0.329. The van der Waals surface area contributed by atoms with E-state index in [0.29, 0.717) is 4.88 Å². The first-order chi connectivity index (χ1) is 10.8. The summed E-state index contributed by atoms with van der Waals surface area (Å²) in [4.78, 5) is 17.7. The lowest BCUT2D eigenvalue weighted by Crippen LogP contribution is -2.08. The number of rotatable bonds is 5. The van der Waals surface area contributed by atoms with E-state index in [1.807, 2.05) is 30.3 Å². The zero-order valence-electron chi connectivity index (χ0n) is 12.2. The van der Waals surface area contributed by atoms with Crippen LogP contribution in [-0.2, 0) is 11.2 Å². The molecule has 3 rings (SSSR count). The van der Waals surface area contributed by atoms with Gasteiger partial charge in [-0.15, -0.1) is 11.3 Å². The molecule has 0 fully saturated rings. The van der Waals surface area contributed by atoms with Gasteiger partial charge < -0.3 is 10.1 Å². The summed E-state index contributed by atoms with van der Waals surface area (Å²) >= 11 is 1.35. The van der Waals surface area contributed by atoms with Crippen LogP contribution in [0.2, 0.25) is 0 Å². The Labute approximate surface area is 132 Å². The molecular weight excluding hydrogens is 296 g/mol. The molecule has 0 saturated carbocycles. The van der Waals surface area contributed by atoms with Gasteiger partial charge in [0.25, 0.3) is 0 Å². The summed E-state index contributed by atoms with van der Waals surface area (Å²) in [6.45, 7) is 0.745. The highest BCUT2D eigenvalue weighted by Crippen LogP contribution is 2.34. The van der Waals surface area contributed by atoms with Crippen molar-refractivity contribution in [2.24, 2.45) is 0 Å². The van der Waals surface area contributed by atoms with Crippen LogP contribution in [0.25, 0.3) is 10.2 Å². The van der Waals surface area contributed by atoms with E-state index in [-0.39, 0.29) is 5.97 Å². The second-order valence-corrected chi connectivity index (χ2v) is 5.82. The summed E-state index contributed by atoms with van der Waals surface area (Å²) in [7, 11) is 1.40. The van der Waals surface area contributed by atoms with E-state index in [1.54, 1.807) is 6.20 Å².